The molecule has 3 nitrogen and oxygen atoms in total. The van der Waals surface area contributed by atoms with Gasteiger partial charge in [-0.15, -0.1) is 0 Å². The van der Waals surface area contributed by atoms with Gasteiger partial charge in [0, 0.05) is 13.1 Å². The summed E-state index contributed by atoms with van der Waals surface area (Å²) in [5.74, 6) is 0. The minimum absolute atomic E-state index is 0.0399. The maximum atomic E-state index is 8.76. The summed E-state index contributed by atoms with van der Waals surface area (Å²) in [6.45, 7) is 1.79. The molecule has 0 saturated carbocycles. The summed E-state index contributed by atoms with van der Waals surface area (Å²) in [5, 5.41) is 17.5. The van der Waals surface area contributed by atoms with Crippen molar-refractivity contribution in [2.45, 2.75) is 6.04 Å². The highest BCUT2D eigenvalue weighted by Crippen LogP contribution is 2.03. The average Bonchev–Trinajstić information content (AvgIpc) is 2.43. The first kappa shape index (κ1) is 7.72. The van der Waals surface area contributed by atoms with Crippen molar-refractivity contribution in [2.75, 3.05) is 26.3 Å². The summed E-state index contributed by atoms with van der Waals surface area (Å²) < 4.78 is 0. The standard InChI is InChI=1S/C7H13NO2/c9-5-7(6-10)8-3-1-2-4-8/h1-2,7,9-10H,3-6H2. The van der Waals surface area contributed by atoms with Crippen molar-refractivity contribution in [1.82, 2.24) is 4.90 Å². The molecule has 1 aliphatic rings. The fraction of sp³-hybridized carbons (Fsp3) is 0.714. The molecule has 10 heavy (non-hydrogen) atoms. The molecule has 0 fully saturated rings. The fourth-order valence-corrected chi connectivity index (χ4v) is 1.08. The zero-order valence-corrected chi connectivity index (χ0v) is 5.90. The van der Waals surface area contributed by atoms with Crippen LogP contribution in [-0.4, -0.2) is 47.5 Å². The third-order valence-electron chi connectivity index (χ3n) is 1.78. The van der Waals surface area contributed by atoms with E-state index in [1.165, 1.54) is 0 Å². The number of aliphatic hydroxyl groups is 2. The van der Waals surface area contributed by atoms with E-state index in [9.17, 15) is 0 Å². The Kier molecular flexibility index (Phi) is 2.86. The lowest BCUT2D eigenvalue weighted by Gasteiger charge is -2.23. The molecule has 0 unspecified atom stereocenters. The minimum Gasteiger partial charge on any atom is -0.395 e. The van der Waals surface area contributed by atoms with E-state index in [-0.39, 0.29) is 19.3 Å². The van der Waals surface area contributed by atoms with Gasteiger partial charge in [0.25, 0.3) is 0 Å². The molecule has 2 N–H and O–H groups in total. The van der Waals surface area contributed by atoms with Gasteiger partial charge in [0.2, 0.25) is 0 Å². The molecule has 0 amide bonds. The van der Waals surface area contributed by atoms with Crippen molar-refractivity contribution in [3.63, 3.8) is 0 Å². The van der Waals surface area contributed by atoms with Crippen LogP contribution in [0.1, 0.15) is 0 Å². The summed E-state index contributed by atoms with van der Waals surface area (Å²) in [7, 11) is 0. The molecular weight excluding hydrogens is 130 g/mol. The van der Waals surface area contributed by atoms with Crippen molar-refractivity contribution in [3.8, 4) is 0 Å². The molecule has 0 aliphatic carbocycles. The van der Waals surface area contributed by atoms with Crippen molar-refractivity contribution in [1.29, 1.82) is 0 Å². The monoisotopic (exact) mass is 143 g/mol. The lowest BCUT2D eigenvalue weighted by Crippen LogP contribution is -2.38. The maximum absolute atomic E-state index is 8.76. The van der Waals surface area contributed by atoms with E-state index in [0.29, 0.717) is 0 Å². The van der Waals surface area contributed by atoms with Gasteiger partial charge in [0.1, 0.15) is 0 Å². The summed E-state index contributed by atoms with van der Waals surface area (Å²) in [5.41, 5.74) is 0. The normalized spacial score (nSPS) is 19.1. The van der Waals surface area contributed by atoms with Crippen molar-refractivity contribution in [3.05, 3.63) is 12.2 Å². The smallest absolute Gasteiger partial charge is 0.0609 e. The van der Waals surface area contributed by atoms with E-state index in [1.54, 1.807) is 0 Å². The fourth-order valence-electron chi connectivity index (χ4n) is 1.08. The van der Waals surface area contributed by atoms with Crippen molar-refractivity contribution < 1.29 is 10.2 Å². The topological polar surface area (TPSA) is 43.7 Å². The van der Waals surface area contributed by atoms with E-state index in [4.69, 9.17) is 10.2 Å². The van der Waals surface area contributed by atoms with Crippen LogP contribution in [0.15, 0.2) is 12.2 Å². The van der Waals surface area contributed by atoms with Crippen LogP contribution >= 0.6 is 0 Å². The Balaban J connectivity index is 2.31. The molecule has 1 heterocycles. The van der Waals surface area contributed by atoms with Gasteiger partial charge in [-0.05, 0) is 0 Å². The van der Waals surface area contributed by atoms with Gasteiger partial charge in [-0.3, -0.25) is 4.90 Å². The molecule has 58 valence electrons. The first-order valence-electron chi connectivity index (χ1n) is 3.49. The second kappa shape index (κ2) is 3.71. The lowest BCUT2D eigenvalue weighted by atomic mass is 10.3. The SMILES string of the molecule is OCC(CO)N1CC=CC1. The summed E-state index contributed by atoms with van der Waals surface area (Å²) >= 11 is 0. The van der Waals surface area contributed by atoms with E-state index in [2.05, 4.69) is 0 Å². The maximum Gasteiger partial charge on any atom is 0.0609 e. The van der Waals surface area contributed by atoms with Crippen LogP contribution in [0.3, 0.4) is 0 Å². The van der Waals surface area contributed by atoms with Crippen LogP contribution < -0.4 is 0 Å². The molecule has 0 atom stereocenters. The van der Waals surface area contributed by atoms with Crippen LogP contribution in [-0.2, 0) is 0 Å². The van der Waals surface area contributed by atoms with Gasteiger partial charge in [0.05, 0.1) is 19.3 Å². The van der Waals surface area contributed by atoms with E-state index in [1.807, 2.05) is 17.1 Å². The lowest BCUT2D eigenvalue weighted by molar-refractivity contribution is 0.0942. The minimum atomic E-state index is -0.0741. The van der Waals surface area contributed by atoms with Gasteiger partial charge in [-0.1, -0.05) is 12.2 Å². The second-order valence-electron chi connectivity index (χ2n) is 2.44. The molecule has 0 radical (unpaired) electrons. The largest absolute Gasteiger partial charge is 0.395 e. The number of aliphatic hydroxyl groups excluding tert-OH is 2. The molecule has 1 rings (SSSR count). The first-order valence-corrected chi connectivity index (χ1v) is 3.49. The van der Waals surface area contributed by atoms with Crippen LogP contribution in [0.4, 0.5) is 0 Å². The molecule has 0 aromatic heterocycles. The molecule has 0 aromatic carbocycles. The van der Waals surface area contributed by atoms with E-state index >= 15 is 0 Å². The molecule has 0 bridgehead atoms. The zero-order chi connectivity index (χ0) is 7.40. The third-order valence-corrected chi connectivity index (χ3v) is 1.78. The Morgan fingerprint density at radius 3 is 2.10 bits per heavy atom. The number of hydrogen-bond acceptors (Lipinski definition) is 3. The molecule has 0 spiro atoms. The van der Waals surface area contributed by atoms with Gasteiger partial charge in [-0.2, -0.15) is 0 Å². The Labute approximate surface area is 60.6 Å². The van der Waals surface area contributed by atoms with Crippen LogP contribution in [0, 0.1) is 0 Å². The van der Waals surface area contributed by atoms with Crippen LogP contribution in [0.2, 0.25) is 0 Å². The van der Waals surface area contributed by atoms with Crippen LogP contribution in [0.25, 0.3) is 0 Å². The predicted molar refractivity (Wildman–Crippen MR) is 38.7 cm³/mol. The van der Waals surface area contributed by atoms with Crippen molar-refractivity contribution in [2.24, 2.45) is 0 Å². The highest BCUT2D eigenvalue weighted by Gasteiger charge is 2.16. The number of rotatable bonds is 3. The molecule has 1 aliphatic heterocycles. The quantitative estimate of drug-likeness (QED) is 0.509. The van der Waals surface area contributed by atoms with Gasteiger partial charge >= 0.3 is 0 Å². The van der Waals surface area contributed by atoms with Crippen molar-refractivity contribution >= 4 is 0 Å². The number of nitrogens with zero attached hydrogens (tertiary/aromatic N) is 1. The highest BCUT2D eigenvalue weighted by atomic mass is 16.3. The van der Waals surface area contributed by atoms with Gasteiger partial charge < -0.3 is 10.2 Å². The Morgan fingerprint density at radius 2 is 1.70 bits per heavy atom. The molecule has 3 heteroatoms. The number of hydrogen-bond donors (Lipinski definition) is 2. The Bertz CT molecular complexity index is 113. The molecule has 0 saturated heterocycles. The Hall–Kier alpha value is -0.380. The van der Waals surface area contributed by atoms with Gasteiger partial charge in [-0.25, -0.2) is 0 Å². The second-order valence-corrected chi connectivity index (χ2v) is 2.44. The summed E-state index contributed by atoms with van der Waals surface area (Å²) in [6, 6.07) is -0.0741. The van der Waals surface area contributed by atoms with Gasteiger partial charge in [0.15, 0.2) is 0 Å². The van der Waals surface area contributed by atoms with E-state index < -0.39 is 0 Å². The predicted octanol–water partition coefficient (Wildman–Crippen LogP) is -0.789. The first-order chi connectivity index (χ1) is 4.88. The third kappa shape index (κ3) is 1.56. The van der Waals surface area contributed by atoms with Crippen LogP contribution in [0.5, 0.6) is 0 Å². The Morgan fingerprint density at radius 1 is 1.20 bits per heavy atom. The van der Waals surface area contributed by atoms with E-state index in [0.717, 1.165) is 13.1 Å². The zero-order valence-electron chi connectivity index (χ0n) is 5.90. The summed E-state index contributed by atoms with van der Waals surface area (Å²) in [4.78, 5) is 2.03. The molecular formula is C7H13NO2. The molecule has 0 aromatic rings. The average molecular weight is 143 g/mol. The summed E-state index contributed by atoms with van der Waals surface area (Å²) in [6.07, 6.45) is 4.08. The highest BCUT2D eigenvalue weighted by molar-refractivity contribution is 4.97.